The van der Waals surface area contributed by atoms with E-state index in [4.69, 9.17) is 21.3 Å². The fourth-order valence-corrected chi connectivity index (χ4v) is 3.95. The Labute approximate surface area is 174 Å². The smallest absolute Gasteiger partial charge is 0.339 e. The molecule has 0 saturated carbocycles. The third-order valence-electron chi connectivity index (χ3n) is 5.15. The van der Waals surface area contributed by atoms with Gasteiger partial charge in [0.25, 0.3) is 5.91 Å². The highest BCUT2D eigenvalue weighted by atomic mass is 35.5. The van der Waals surface area contributed by atoms with Crippen molar-refractivity contribution in [3.05, 3.63) is 70.4 Å². The van der Waals surface area contributed by atoms with Gasteiger partial charge >= 0.3 is 5.97 Å². The van der Waals surface area contributed by atoms with E-state index in [0.29, 0.717) is 22.2 Å². The van der Waals surface area contributed by atoms with E-state index in [2.05, 4.69) is 12.2 Å². The van der Waals surface area contributed by atoms with E-state index in [1.165, 1.54) is 0 Å². The maximum absolute atomic E-state index is 13.0. The summed E-state index contributed by atoms with van der Waals surface area (Å²) >= 11 is 5.93. The molecule has 4 rings (SSSR count). The zero-order valence-corrected chi connectivity index (χ0v) is 16.8. The third-order valence-corrected chi connectivity index (χ3v) is 5.39. The SMILES string of the molecule is CC1CCc2nc3ccccc3c(C(=O)OCC(=O)Nc3cccc(Cl)c3)c2C1. The van der Waals surface area contributed by atoms with Crippen LogP contribution in [-0.4, -0.2) is 23.5 Å². The van der Waals surface area contributed by atoms with Gasteiger partial charge in [-0.1, -0.05) is 42.8 Å². The Bertz CT molecular complexity index is 1100. The molecule has 0 fully saturated rings. The van der Waals surface area contributed by atoms with E-state index < -0.39 is 11.9 Å². The Hall–Kier alpha value is -2.92. The van der Waals surface area contributed by atoms with Crippen LogP contribution in [0.15, 0.2) is 48.5 Å². The molecule has 1 amide bonds. The van der Waals surface area contributed by atoms with Crippen molar-refractivity contribution in [3.8, 4) is 0 Å². The fourth-order valence-electron chi connectivity index (χ4n) is 3.76. The average molecular weight is 409 g/mol. The van der Waals surface area contributed by atoms with Gasteiger partial charge in [-0.25, -0.2) is 4.79 Å². The average Bonchev–Trinajstić information content (AvgIpc) is 2.70. The van der Waals surface area contributed by atoms with E-state index in [9.17, 15) is 9.59 Å². The van der Waals surface area contributed by atoms with Crippen molar-refractivity contribution in [2.75, 3.05) is 11.9 Å². The van der Waals surface area contributed by atoms with E-state index in [1.54, 1.807) is 24.3 Å². The van der Waals surface area contributed by atoms with Crippen molar-refractivity contribution < 1.29 is 14.3 Å². The van der Waals surface area contributed by atoms with Gasteiger partial charge in [-0.05, 0) is 55.0 Å². The molecule has 1 unspecified atom stereocenters. The largest absolute Gasteiger partial charge is 0.452 e. The Morgan fingerprint density at radius 3 is 2.86 bits per heavy atom. The quantitative estimate of drug-likeness (QED) is 0.629. The number of nitrogens with one attached hydrogen (secondary N) is 1. The number of aryl methyl sites for hydroxylation is 1. The molecule has 5 nitrogen and oxygen atoms in total. The number of hydrogen-bond donors (Lipinski definition) is 1. The summed E-state index contributed by atoms with van der Waals surface area (Å²) in [5.74, 6) is -0.431. The van der Waals surface area contributed by atoms with Gasteiger partial charge in [0.2, 0.25) is 0 Å². The number of anilines is 1. The zero-order valence-electron chi connectivity index (χ0n) is 16.1. The Morgan fingerprint density at radius 2 is 2.03 bits per heavy atom. The third kappa shape index (κ3) is 4.25. The molecule has 1 aliphatic rings. The van der Waals surface area contributed by atoms with Crippen LogP contribution in [0.2, 0.25) is 5.02 Å². The predicted molar refractivity (Wildman–Crippen MR) is 113 cm³/mol. The predicted octanol–water partition coefficient (Wildman–Crippen LogP) is 4.81. The molecule has 29 heavy (non-hydrogen) atoms. The second-order valence-corrected chi connectivity index (χ2v) is 7.85. The van der Waals surface area contributed by atoms with Crippen molar-refractivity contribution in [2.45, 2.75) is 26.2 Å². The first-order valence-corrected chi connectivity index (χ1v) is 10.0. The minimum Gasteiger partial charge on any atom is -0.452 e. The summed E-state index contributed by atoms with van der Waals surface area (Å²) in [7, 11) is 0. The lowest BCUT2D eigenvalue weighted by atomic mass is 9.84. The number of para-hydroxylation sites is 1. The molecule has 6 heteroatoms. The van der Waals surface area contributed by atoms with Gasteiger partial charge in [0.15, 0.2) is 6.61 Å². The number of hydrogen-bond acceptors (Lipinski definition) is 4. The molecule has 148 valence electrons. The maximum atomic E-state index is 13.0. The summed E-state index contributed by atoms with van der Waals surface area (Å²) < 4.78 is 5.39. The molecule has 0 aliphatic heterocycles. The molecular formula is C23H21ClN2O3. The van der Waals surface area contributed by atoms with Crippen LogP contribution in [-0.2, 0) is 22.4 Å². The molecule has 2 aromatic carbocycles. The van der Waals surface area contributed by atoms with Crippen LogP contribution in [0.1, 0.15) is 35.0 Å². The Kier molecular flexibility index (Phi) is 5.49. The van der Waals surface area contributed by atoms with E-state index in [0.717, 1.165) is 41.4 Å². The van der Waals surface area contributed by atoms with Crippen LogP contribution in [0.25, 0.3) is 10.9 Å². The molecule has 1 N–H and O–H groups in total. The number of halogens is 1. The lowest BCUT2D eigenvalue weighted by molar-refractivity contribution is -0.119. The second kappa shape index (κ2) is 8.21. The number of pyridine rings is 1. The highest BCUT2D eigenvalue weighted by Crippen LogP contribution is 2.32. The molecule has 0 bridgehead atoms. The Balaban J connectivity index is 1.56. The topological polar surface area (TPSA) is 68.3 Å². The number of amides is 1. The molecular weight excluding hydrogens is 388 g/mol. The molecule has 0 saturated heterocycles. The van der Waals surface area contributed by atoms with Crippen molar-refractivity contribution in [1.82, 2.24) is 4.98 Å². The van der Waals surface area contributed by atoms with Crippen LogP contribution >= 0.6 is 11.6 Å². The van der Waals surface area contributed by atoms with Crippen molar-refractivity contribution in [3.63, 3.8) is 0 Å². The summed E-state index contributed by atoms with van der Waals surface area (Å²) in [5.41, 5.74) is 3.77. The lowest BCUT2D eigenvalue weighted by Crippen LogP contribution is -2.23. The lowest BCUT2D eigenvalue weighted by Gasteiger charge is -2.24. The van der Waals surface area contributed by atoms with Crippen molar-refractivity contribution in [2.24, 2.45) is 5.92 Å². The fraction of sp³-hybridized carbons (Fsp3) is 0.261. The zero-order chi connectivity index (χ0) is 20.4. The van der Waals surface area contributed by atoms with Gasteiger partial charge in [0.1, 0.15) is 0 Å². The van der Waals surface area contributed by atoms with Gasteiger partial charge in [0, 0.05) is 21.8 Å². The van der Waals surface area contributed by atoms with Gasteiger partial charge < -0.3 is 10.1 Å². The van der Waals surface area contributed by atoms with Crippen LogP contribution in [0.4, 0.5) is 5.69 Å². The number of benzene rings is 2. The number of esters is 1. The van der Waals surface area contributed by atoms with Crippen LogP contribution in [0.5, 0.6) is 0 Å². The number of rotatable bonds is 4. The number of aromatic nitrogens is 1. The van der Waals surface area contributed by atoms with Crippen LogP contribution < -0.4 is 5.32 Å². The summed E-state index contributed by atoms with van der Waals surface area (Å²) in [4.78, 5) is 30.0. The van der Waals surface area contributed by atoms with Crippen LogP contribution in [0.3, 0.4) is 0 Å². The van der Waals surface area contributed by atoms with Crippen LogP contribution in [0, 0.1) is 5.92 Å². The van der Waals surface area contributed by atoms with Gasteiger partial charge in [0.05, 0.1) is 11.1 Å². The molecule has 3 aromatic rings. The number of fused-ring (bicyclic) bond motifs is 2. The molecule has 1 aromatic heterocycles. The first kappa shape index (κ1) is 19.4. The first-order valence-electron chi connectivity index (χ1n) is 9.64. The highest BCUT2D eigenvalue weighted by molar-refractivity contribution is 6.30. The molecule has 1 atom stereocenters. The van der Waals surface area contributed by atoms with Gasteiger partial charge in [-0.15, -0.1) is 0 Å². The molecule has 1 heterocycles. The molecule has 0 radical (unpaired) electrons. The minimum absolute atomic E-state index is 0.369. The normalized spacial score (nSPS) is 15.6. The number of ether oxygens (including phenoxy) is 1. The monoisotopic (exact) mass is 408 g/mol. The summed E-state index contributed by atoms with van der Waals surface area (Å²) in [6.07, 6.45) is 2.68. The number of nitrogens with zero attached hydrogens (tertiary/aromatic N) is 1. The van der Waals surface area contributed by atoms with E-state index in [-0.39, 0.29) is 6.61 Å². The summed E-state index contributed by atoms with van der Waals surface area (Å²) in [6, 6.07) is 14.4. The highest BCUT2D eigenvalue weighted by Gasteiger charge is 2.26. The second-order valence-electron chi connectivity index (χ2n) is 7.41. The Morgan fingerprint density at radius 1 is 1.21 bits per heavy atom. The van der Waals surface area contributed by atoms with E-state index in [1.807, 2.05) is 24.3 Å². The van der Waals surface area contributed by atoms with Gasteiger partial charge in [-0.3, -0.25) is 9.78 Å². The molecule has 1 aliphatic carbocycles. The summed E-state index contributed by atoms with van der Waals surface area (Å²) in [6.45, 7) is 1.80. The maximum Gasteiger partial charge on any atom is 0.339 e. The van der Waals surface area contributed by atoms with Crippen molar-refractivity contribution in [1.29, 1.82) is 0 Å². The summed E-state index contributed by atoms with van der Waals surface area (Å²) in [5, 5.41) is 3.97. The standard InChI is InChI=1S/C23H21ClN2O3/c1-14-9-10-20-18(11-14)22(17-7-2-3-8-19(17)26-20)23(28)29-13-21(27)25-16-6-4-5-15(24)12-16/h2-8,12,14H,9-11,13H2,1H3,(H,25,27). The number of carbonyl (C=O) groups excluding carboxylic acids is 2. The van der Waals surface area contributed by atoms with E-state index >= 15 is 0 Å². The first-order chi connectivity index (χ1) is 14.0. The van der Waals surface area contributed by atoms with Crippen molar-refractivity contribution >= 4 is 40.1 Å². The minimum atomic E-state index is -0.491. The van der Waals surface area contributed by atoms with Gasteiger partial charge in [-0.2, -0.15) is 0 Å². The molecule has 0 spiro atoms. The number of carbonyl (C=O) groups is 2.